The van der Waals surface area contributed by atoms with Gasteiger partial charge in [-0.05, 0) is 51.3 Å². The van der Waals surface area contributed by atoms with Crippen LogP contribution in [-0.4, -0.2) is 37.0 Å². The van der Waals surface area contributed by atoms with E-state index in [2.05, 4.69) is 25.2 Å². The van der Waals surface area contributed by atoms with Crippen molar-refractivity contribution < 1.29 is 4.79 Å². The molecule has 1 aromatic heterocycles. The molecule has 1 aliphatic heterocycles. The van der Waals surface area contributed by atoms with E-state index in [4.69, 9.17) is 0 Å². The SMILES string of the molecule is Cc1cc(CCCC(=O)N(C)C2CCNC2)c(C)s1. The highest BCUT2D eigenvalue weighted by molar-refractivity contribution is 7.12. The first-order valence-corrected chi connectivity index (χ1v) is 7.92. The number of nitrogens with zero attached hydrogens (tertiary/aromatic N) is 1. The van der Waals surface area contributed by atoms with Crippen molar-refractivity contribution in [2.75, 3.05) is 20.1 Å². The Morgan fingerprint density at radius 2 is 2.32 bits per heavy atom. The average molecular weight is 280 g/mol. The number of likely N-dealkylation sites (N-methyl/N-ethyl adjacent to an activating group) is 1. The Labute approximate surface area is 120 Å². The van der Waals surface area contributed by atoms with Crippen molar-refractivity contribution in [3.8, 4) is 0 Å². The lowest BCUT2D eigenvalue weighted by atomic mass is 10.1. The van der Waals surface area contributed by atoms with Crippen LogP contribution in [0.15, 0.2) is 6.07 Å². The lowest BCUT2D eigenvalue weighted by Gasteiger charge is -2.23. The quantitative estimate of drug-likeness (QED) is 0.899. The second-order valence-electron chi connectivity index (χ2n) is 5.44. The number of aryl methyl sites for hydroxylation is 3. The third kappa shape index (κ3) is 3.80. The smallest absolute Gasteiger partial charge is 0.222 e. The van der Waals surface area contributed by atoms with Gasteiger partial charge in [0.25, 0.3) is 0 Å². The first-order chi connectivity index (χ1) is 9.08. The van der Waals surface area contributed by atoms with Gasteiger partial charge in [-0.1, -0.05) is 0 Å². The monoisotopic (exact) mass is 280 g/mol. The van der Waals surface area contributed by atoms with E-state index in [0.29, 0.717) is 18.4 Å². The molecule has 3 nitrogen and oxygen atoms in total. The topological polar surface area (TPSA) is 32.3 Å². The van der Waals surface area contributed by atoms with Crippen LogP contribution in [0.5, 0.6) is 0 Å². The maximum absolute atomic E-state index is 12.1. The molecule has 1 amide bonds. The fraction of sp³-hybridized carbons (Fsp3) is 0.667. The van der Waals surface area contributed by atoms with Gasteiger partial charge in [0.1, 0.15) is 0 Å². The van der Waals surface area contributed by atoms with Crippen LogP contribution in [0.1, 0.15) is 34.6 Å². The Kier molecular flexibility index (Phi) is 4.99. The highest BCUT2D eigenvalue weighted by atomic mass is 32.1. The predicted molar refractivity (Wildman–Crippen MR) is 80.8 cm³/mol. The number of carbonyl (C=O) groups is 1. The predicted octanol–water partition coefficient (Wildman–Crippen LogP) is 2.51. The molecule has 1 saturated heterocycles. The van der Waals surface area contributed by atoms with Crippen LogP contribution in [-0.2, 0) is 11.2 Å². The van der Waals surface area contributed by atoms with Crippen LogP contribution < -0.4 is 5.32 Å². The second-order valence-corrected chi connectivity index (χ2v) is 6.90. The van der Waals surface area contributed by atoms with Gasteiger partial charge in [-0.15, -0.1) is 11.3 Å². The average Bonchev–Trinajstić information content (AvgIpc) is 2.98. The lowest BCUT2D eigenvalue weighted by Crippen LogP contribution is -2.38. The van der Waals surface area contributed by atoms with Gasteiger partial charge in [-0.2, -0.15) is 0 Å². The fourth-order valence-corrected chi connectivity index (χ4v) is 3.69. The molecule has 1 atom stereocenters. The summed E-state index contributed by atoms with van der Waals surface area (Å²) in [5.41, 5.74) is 1.42. The molecular weight excluding hydrogens is 256 g/mol. The van der Waals surface area contributed by atoms with E-state index >= 15 is 0 Å². The maximum Gasteiger partial charge on any atom is 0.222 e. The Bertz CT molecular complexity index is 435. The number of rotatable bonds is 5. The van der Waals surface area contributed by atoms with Crippen molar-refractivity contribution in [1.29, 1.82) is 0 Å². The van der Waals surface area contributed by atoms with Crippen molar-refractivity contribution >= 4 is 17.2 Å². The van der Waals surface area contributed by atoms with Crippen LogP contribution in [0.2, 0.25) is 0 Å². The summed E-state index contributed by atoms with van der Waals surface area (Å²) in [6, 6.07) is 2.66. The van der Waals surface area contributed by atoms with Crippen molar-refractivity contribution in [2.45, 2.75) is 45.6 Å². The minimum atomic E-state index is 0.290. The van der Waals surface area contributed by atoms with Gasteiger partial charge in [0.2, 0.25) is 5.91 Å². The molecule has 1 N–H and O–H groups in total. The largest absolute Gasteiger partial charge is 0.341 e. The van der Waals surface area contributed by atoms with Gasteiger partial charge in [0.15, 0.2) is 0 Å². The molecule has 106 valence electrons. The van der Waals surface area contributed by atoms with Crippen LogP contribution in [0.25, 0.3) is 0 Å². The molecule has 1 fully saturated rings. The highest BCUT2D eigenvalue weighted by Crippen LogP contribution is 2.22. The summed E-state index contributed by atoms with van der Waals surface area (Å²) in [5.74, 6) is 0.290. The molecule has 1 aromatic rings. The molecule has 1 aliphatic rings. The van der Waals surface area contributed by atoms with E-state index in [1.165, 1.54) is 15.3 Å². The molecule has 0 spiro atoms. The third-order valence-electron chi connectivity index (χ3n) is 3.96. The first kappa shape index (κ1) is 14.5. The van der Waals surface area contributed by atoms with Gasteiger partial charge >= 0.3 is 0 Å². The maximum atomic E-state index is 12.1. The Hall–Kier alpha value is -0.870. The van der Waals surface area contributed by atoms with Crippen molar-refractivity contribution in [1.82, 2.24) is 10.2 Å². The van der Waals surface area contributed by atoms with Gasteiger partial charge in [-0.25, -0.2) is 0 Å². The molecule has 1 unspecified atom stereocenters. The summed E-state index contributed by atoms with van der Waals surface area (Å²) in [5, 5.41) is 3.31. The molecule has 19 heavy (non-hydrogen) atoms. The summed E-state index contributed by atoms with van der Waals surface area (Å²) in [4.78, 5) is 16.8. The van der Waals surface area contributed by atoms with E-state index in [0.717, 1.165) is 32.4 Å². The Morgan fingerprint density at radius 1 is 1.53 bits per heavy atom. The van der Waals surface area contributed by atoms with Crippen LogP contribution in [0.3, 0.4) is 0 Å². The van der Waals surface area contributed by atoms with Gasteiger partial charge in [0.05, 0.1) is 0 Å². The minimum absolute atomic E-state index is 0.290. The number of hydrogen-bond donors (Lipinski definition) is 1. The van der Waals surface area contributed by atoms with E-state index in [-0.39, 0.29) is 0 Å². The van der Waals surface area contributed by atoms with E-state index < -0.39 is 0 Å². The molecular formula is C15H24N2OS. The molecule has 0 bridgehead atoms. The van der Waals surface area contributed by atoms with Crippen molar-refractivity contribution in [3.63, 3.8) is 0 Å². The summed E-state index contributed by atoms with van der Waals surface area (Å²) in [7, 11) is 1.94. The molecule has 4 heteroatoms. The Balaban J connectivity index is 1.75. The molecule has 2 rings (SSSR count). The van der Waals surface area contributed by atoms with Crippen LogP contribution in [0, 0.1) is 13.8 Å². The van der Waals surface area contributed by atoms with Gasteiger partial charge in [0, 0.05) is 35.8 Å². The molecule has 0 aromatic carbocycles. The lowest BCUT2D eigenvalue weighted by molar-refractivity contribution is -0.131. The minimum Gasteiger partial charge on any atom is -0.341 e. The zero-order valence-electron chi connectivity index (χ0n) is 12.2. The van der Waals surface area contributed by atoms with Crippen molar-refractivity contribution in [3.05, 3.63) is 21.4 Å². The first-order valence-electron chi connectivity index (χ1n) is 7.10. The number of nitrogens with one attached hydrogen (secondary N) is 1. The van der Waals surface area contributed by atoms with Crippen LogP contribution >= 0.6 is 11.3 Å². The number of hydrogen-bond acceptors (Lipinski definition) is 3. The summed E-state index contributed by atoms with van der Waals surface area (Å²) in [6.45, 7) is 6.30. The van der Waals surface area contributed by atoms with Gasteiger partial charge in [-0.3, -0.25) is 4.79 Å². The second kappa shape index (κ2) is 6.53. The fourth-order valence-electron chi connectivity index (χ4n) is 2.71. The standard InChI is InChI=1S/C15H24N2OS/c1-11-9-13(12(2)19-11)5-4-6-15(18)17(3)14-7-8-16-10-14/h9,14,16H,4-8,10H2,1-3H3. The number of thiophene rings is 1. The van der Waals surface area contributed by atoms with Crippen LogP contribution in [0.4, 0.5) is 0 Å². The number of carbonyl (C=O) groups excluding carboxylic acids is 1. The Morgan fingerprint density at radius 3 is 2.89 bits per heavy atom. The van der Waals surface area contributed by atoms with Gasteiger partial charge < -0.3 is 10.2 Å². The van der Waals surface area contributed by atoms with E-state index in [1.54, 1.807) is 0 Å². The molecule has 0 radical (unpaired) electrons. The molecule has 0 aliphatic carbocycles. The molecule has 2 heterocycles. The zero-order valence-corrected chi connectivity index (χ0v) is 13.0. The van der Waals surface area contributed by atoms with E-state index in [9.17, 15) is 4.79 Å². The third-order valence-corrected chi connectivity index (χ3v) is 4.96. The number of amides is 1. The summed E-state index contributed by atoms with van der Waals surface area (Å²) >= 11 is 1.85. The normalized spacial score (nSPS) is 18.8. The summed E-state index contributed by atoms with van der Waals surface area (Å²) in [6.07, 6.45) is 3.74. The summed E-state index contributed by atoms with van der Waals surface area (Å²) < 4.78 is 0. The highest BCUT2D eigenvalue weighted by Gasteiger charge is 2.22. The van der Waals surface area contributed by atoms with Crippen molar-refractivity contribution in [2.24, 2.45) is 0 Å². The van der Waals surface area contributed by atoms with E-state index in [1.807, 2.05) is 23.3 Å². The molecule has 0 saturated carbocycles. The zero-order chi connectivity index (χ0) is 13.8.